The molecule has 1 heterocycles. The van der Waals surface area contributed by atoms with E-state index >= 15 is 0 Å². The molecule has 4 aliphatic carbocycles. The van der Waals surface area contributed by atoms with E-state index in [1.807, 2.05) is 6.20 Å². The molecular weight excluding hydrogens is 288 g/mol. The maximum absolute atomic E-state index is 12.4. The zero-order valence-electron chi connectivity index (χ0n) is 13.9. The molecule has 1 amide bonds. The minimum atomic E-state index is 0.0452. The van der Waals surface area contributed by atoms with E-state index in [1.165, 1.54) is 38.5 Å². The molecule has 4 nitrogen and oxygen atoms in total. The number of nitrogens with zero attached hydrogens (tertiary/aromatic N) is 1. The van der Waals surface area contributed by atoms with Crippen molar-refractivity contribution in [1.29, 1.82) is 0 Å². The fourth-order valence-electron chi connectivity index (χ4n) is 5.92. The monoisotopic (exact) mass is 315 g/mol. The molecule has 0 aliphatic heterocycles. The number of hydrogen-bond acceptors (Lipinski definition) is 2. The lowest BCUT2D eigenvalue weighted by Crippen LogP contribution is -2.57. The highest BCUT2D eigenvalue weighted by molar-refractivity contribution is 5.74. The van der Waals surface area contributed by atoms with Gasteiger partial charge in [0, 0.05) is 12.1 Å². The smallest absolute Gasteiger partial charge is 0.286 e. The summed E-state index contributed by atoms with van der Waals surface area (Å²) in [5.41, 5.74) is 0.341. The van der Waals surface area contributed by atoms with Gasteiger partial charge in [-0.05, 0) is 74.7 Å². The Bertz CT molecular complexity index is 578. The average Bonchev–Trinajstić information content (AvgIpc) is 2.45. The van der Waals surface area contributed by atoms with Crippen molar-refractivity contribution in [1.82, 2.24) is 5.32 Å². The second kappa shape index (κ2) is 5.50. The molecule has 0 spiro atoms. The Labute approximate surface area is 137 Å². The zero-order chi connectivity index (χ0) is 16.0. The van der Waals surface area contributed by atoms with Crippen LogP contribution in [0.25, 0.3) is 0 Å². The molecule has 4 aliphatic rings. The average molecular weight is 315 g/mol. The number of aromatic hydroxyl groups is 1. The van der Waals surface area contributed by atoms with Gasteiger partial charge in [0.15, 0.2) is 11.9 Å². The van der Waals surface area contributed by atoms with Gasteiger partial charge in [-0.3, -0.25) is 4.79 Å². The fourth-order valence-corrected chi connectivity index (χ4v) is 5.92. The van der Waals surface area contributed by atoms with Crippen molar-refractivity contribution in [3.05, 3.63) is 24.5 Å². The van der Waals surface area contributed by atoms with Crippen molar-refractivity contribution in [3.63, 3.8) is 0 Å². The van der Waals surface area contributed by atoms with E-state index in [1.54, 1.807) is 22.9 Å². The lowest BCUT2D eigenvalue weighted by Gasteiger charge is -2.59. The van der Waals surface area contributed by atoms with Gasteiger partial charge in [0.05, 0.1) is 0 Å². The molecule has 23 heavy (non-hydrogen) atoms. The van der Waals surface area contributed by atoms with Gasteiger partial charge in [0.25, 0.3) is 5.91 Å². The van der Waals surface area contributed by atoms with E-state index in [2.05, 4.69) is 12.2 Å². The first-order valence-corrected chi connectivity index (χ1v) is 9.00. The lowest BCUT2D eigenvalue weighted by molar-refractivity contribution is -0.684. The molecule has 4 heteroatoms. The summed E-state index contributed by atoms with van der Waals surface area (Å²) in [6.45, 7) is 2.48. The van der Waals surface area contributed by atoms with Crippen LogP contribution in [0.15, 0.2) is 24.5 Å². The normalized spacial score (nSPS) is 36.0. The fraction of sp³-hybridized carbons (Fsp3) is 0.684. The minimum absolute atomic E-state index is 0.0452. The molecule has 124 valence electrons. The number of rotatable bonds is 4. The Morgan fingerprint density at radius 2 is 1.91 bits per heavy atom. The zero-order valence-corrected chi connectivity index (χ0v) is 13.9. The lowest BCUT2D eigenvalue weighted by atomic mass is 9.48. The van der Waals surface area contributed by atoms with Crippen LogP contribution < -0.4 is 9.88 Å². The molecule has 1 atom stereocenters. The molecule has 0 aromatic carbocycles. The van der Waals surface area contributed by atoms with Crippen molar-refractivity contribution < 1.29 is 14.5 Å². The van der Waals surface area contributed by atoms with Crippen molar-refractivity contribution >= 4 is 5.91 Å². The van der Waals surface area contributed by atoms with Crippen LogP contribution in [0, 0.1) is 23.2 Å². The van der Waals surface area contributed by atoms with Crippen LogP contribution in [0.5, 0.6) is 5.75 Å². The number of carbonyl (C=O) groups is 1. The second-order valence-electron chi connectivity index (χ2n) is 8.30. The third-order valence-electron chi connectivity index (χ3n) is 6.55. The predicted octanol–water partition coefficient (Wildman–Crippen LogP) is 2.40. The molecule has 1 aromatic heterocycles. The molecule has 4 fully saturated rings. The van der Waals surface area contributed by atoms with Crippen LogP contribution in [0.2, 0.25) is 0 Å². The second-order valence-corrected chi connectivity index (χ2v) is 8.30. The molecular formula is C19H27N2O2+. The number of amides is 1. The van der Waals surface area contributed by atoms with Crippen molar-refractivity contribution in [2.75, 3.05) is 0 Å². The highest BCUT2D eigenvalue weighted by atomic mass is 16.3. The molecule has 4 bridgehead atoms. The van der Waals surface area contributed by atoms with Crippen molar-refractivity contribution in [2.45, 2.75) is 58.0 Å². The number of nitrogens with one attached hydrogen (secondary N) is 1. The van der Waals surface area contributed by atoms with E-state index in [0.29, 0.717) is 5.41 Å². The Balaban J connectivity index is 1.41. The van der Waals surface area contributed by atoms with Crippen molar-refractivity contribution in [3.8, 4) is 5.75 Å². The summed E-state index contributed by atoms with van der Waals surface area (Å²) in [5, 5.41) is 12.8. The molecule has 2 N–H and O–H groups in total. The Morgan fingerprint density at radius 1 is 1.30 bits per heavy atom. The summed E-state index contributed by atoms with van der Waals surface area (Å²) < 4.78 is 1.73. The maximum atomic E-state index is 12.4. The van der Waals surface area contributed by atoms with Crippen LogP contribution >= 0.6 is 0 Å². The Hall–Kier alpha value is -1.58. The number of hydrogen-bond donors (Lipinski definition) is 2. The number of aromatic nitrogens is 1. The van der Waals surface area contributed by atoms with E-state index in [-0.39, 0.29) is 24.2 Å². The predicted molar refractivity (Wildman–Crippen MR) is 86.5 cm³/mol. The van der Waals surface area contributed by atoms with Crippen LogP contribution in [0.4, 0.5) is 0 Å². The first-order valence-electron chi connectivity index (χ1n) is 9.00. The van der Waals surface area contributed by atoms with Crippen LogP contribution in [0.1, 0.15) is 45.4 Å². The number of carbonyl (C=O) groups excluding carboxylic acids is 1. The molecule has 0 radical (unpaired) electrons. The van der Waals surface area contributed by atoms with Gasteiger partial charge >= 0.3 is 0 Å². The summed E-state index contributed by atoms with van der Waals surface area (Å²) in [6, 6.07) is 3.62. The first-order chi connectivity index (χ1) is 11.0. The van der Waals surface area contributed by atoms with Gasteiger partial charge in [-0.2, -0.15) is 4.57 Å². The van der Waals surface area contributed by atoms with Crippen molar-refractivity contribution in [2.24, 2.45) is 23.2 Å². The Kier molecular flexibility index (Phi) is 3.58. The third-order valence-corrected chi connectivity index (χ3v) is 6.55. The van der Waals surface area contributed by atoms with E-state index in [4.69, 9.17) is 0 Å². The maximum Gasteiger partial charge on any atom is 0.286 e. The van der Waals surface area contributed by atoms with E-state index in [0.717, 1.165) is 17.8 Å². The summed E-state index contributed by atoms with van der Waals surface area (Å²) in [4.78, 5) is 12.4. The summed E-state index contributed by atoms with van der Waals surface area (Å²) >= 11 is 0. The van der Waals surface area contributed by atoms with Crippen LogP contribution in [0.3, 0.4) is 0 Å². The minimum Gasteiger partial charge on any atom is -0.503 e. The van der Waals surface area contributed by atoms with Gasteiger partial charge in [-0.25, -0.2) is 0 Å². The standard InChI is InChI=1S/C19H26N2O2/c1-13(20-18(23)12-21-4-2-3-17(22)11-21)19-8-14-5-15(9-19)7-16(6-14)10-19/h2-4,11,13-16H,5-10,12H2,1H3,(H-,20,22,23)/p+1/t13-,14?,15?,16?,19?/m1/s1. The third kappa shape index (κ3) is 2.84. The molecule has 0 unspecified atom stereocenters. The quantitative estimate of drug-likeness (QED) is 0.838. The first kappa shape index (κ1) is 15.0. The van der Waals surface area contributed by atoms with Crippen LogP contribution in [-0.2, 0) is 11.3 Å². The van der Waals surface area contributed by atoms with Gasteiger partial charge in [-0.1, -0.05) is 0 Å². The Morgan fingerprint density at radius 3 is 2.48 bits per heavy atom. The molecule has 0 saturated heterocycles. The molecule has 1 aromatic rings. The molecule has 4 saturated carbocycles. The van der Waals surface area contributed by atoms with Gasteiger partial charge in [0.2, 0.25) is 12.7 Å². The van der Waals surface area contributed by atoms with Gasteiger partial charge in [-0.15, -0.1) is 0 Å². The summed E-state index contributed by atoms with van der Waals surface area (Å²) in [7, 11) is 0. The van der Waals surface area contributed by atoms with Gasteiger partial charge in [0.1, 0.15) is 0 Å². The highest BCUT2D eigenvalue weighted by Crippen LogP contribution is 2.61. The number of pyridine rings is 1. The molecule has 5 rings (SSSR count). The highest BCUT2D eigenvalue weighted by Gasteiger charge is 2.53. The topological polar surface area (TPSA) is 53.2 Å². The summed E-state index contributed by atoms with van der Waals surface area (Å²) in [5.74, 6) is 2.95. The van der Waals surface area contributed by atoms with E-state index in [9.17, 15) is 9.90 Å². The largest absolute Gasteiger partial charge is 0.503 e. The SMILES string of the molecule is C[C@@H](NC(=O)C[n+]1cccc(O)c1)C12CC3CC(CC(C3)C1)C2. The van der Waals surface area contributed by atoms with Gasteiger partial charge < -0.3 is 10.4 Å². The van der Waals surface area contributed by atoms with E-state index < -0.39 is 0 Å². The summed E-state index contributed by atoms with van der Waals surface area (Å²) in [6.07, 6.45) is 11.6. The van der Waals surface area contributed by atoms with Crippen LogP contribution in [-0.4, -0.2) is 17.1 Å².